The summed E-state index contributed by atoms with van der Waals surface area (Å²) in [6.07, 6.45) is -7.89. The lowest BCUT2D eigenvalue weighted by atomic mass is 9.91. The fraction of sp³-hybridized carbons (Fsp3) is 0.200. The van der Waals surface area contributed by atoms with Crippen molar-refractivity contribution >= 4 is 32.8 Å². The van der Waals surface area contributed by atoms with Crippen molar-refractivity contribution in [1.82, 2.24) is 0 Å². The van der Waals surface area contributed by atoms with E-state index in [1.165, 1.54) is 52.3 Å². The Bertz CT molecular complexity index is 2750. The molecule has 6 aromatic rings. The maximum absolute atomic E-state index is 13.0. The molecule has 0 heterocycles. The summed E-state index contributed by atoms with van der Waals surface area (Å²) in [4.78, 5) is 6.54. The molecule has 0 fully saturated rings. The molecular weight excluding hydrogens is 1010 g/mol. The first-order chi connectivity index (χ1) is 31.2. The molecule has 6 rings (SSSR count). The summed E-state index contributed by atoms with van der Waals surface area (Å²) < 4.78 is 244. The largest absolute Gasteiger partial charge is 0.743 e. The molecule has 0 amide bonds. The molecule has 0 aliphatic heterocycles. The van der Waals surface area contributed by atoms with Crippen LogP contribution in [0.15, 0.2) is 182 Å². The molecule has 0 saturated carbocycles. The topological polar surface area (TPSA) is 57.2 Å². The Balaban J connectivity index is 0.000000268. The first kappa shape index (κ1) is 53.7. The predicted molar refractivity (Wildman–Crippen MR) is 218 cm³/mol. The van der Waals surface area contributed by atoms with Crippen LogP contribution in [0.1, 0.15) is 5.56 Å². The number of halogens is 17. The second-order valence-electron chi connectivity index (χ2n) is 14.3. The Labute approximate surface area is 383 Å². The lowest BCUT2D eigenvalue weighted by Crippen LogP contribution is -2.75. The third-order valence-corrected chi connectivity index (χ3v) is 14.1. The Morgan fingerprint density at radius 2 is 0.706 bits per heavy atom. The number of hydrogen-bond acceptors (Lipinski definition) is 4. The monoisotopic (exact) mass is 1040 g/mol. The zero-order chi connectivity index (χ0) is 50.9. The first-order valence-electron chi connectivity index (χ1n) is 18.8. The summed E-state index contributed by atoms with van der Waals surface area (Å²) in [5.74, 6) is -52.1. The molecule has 0 N–H and O–H groups in total. The molecular formula is C45H29F17O3S3. The maximum Gasteiger partial charge on any atom is 0.460 e. The summed E-state index contributed by atoms with van der Waals surface area (Å²) >= 11 is 1.81. The summed E-state index contributed by atoms with van der Waals surface area (Å²) in [5, 5.41) is -7.95. The van der Waals surface area contributed by atoms with Crippen molar-refractivity contribution in [3.8, 4) is 22.3 Å². The van der Waals surface area contributed by atoms with Gasteiger partial charge in [-0.15, -0.1) is 0 Å². The Kier molecular flexibility index (Phi) is 15.2. The molecule has 23 heteroatoms. The number of benzene rings is 6. The fourth-order valence-corrected chi connectivity index (χ4v) is 9.48. The second-order valence-corrected chi connectivity index (χ2v) is 18.9. The van der Waals surface area contributed by atoms with E-state index in [-0.39, 0.29) is 10.9 Å². The maximum atomic E-state index is 13.0. The Morgan fingerprint density at radius 3 is 1.09 bits per heavy atom. The molecule has 3 nitrogen and oxygen atoms in total. The van der Waals surface area contributed by atoms with Crippen LogP contribution < -0.4 is 0 Å². The van der Waals surface area contributed by atoms with E-state index in [9.17, 15) is 87.6 Å². The highest BCUT2D eigenvalue weighted by Gasteiger charge is 2.95. The van der Waals surface area contributed by atoms with Crippen LogP contribution in [0.5, 0.6) is 0 Å². The molecule has 0 aliphatic rings. The van der Waals surface area contributed by atoms with Crippen LogP contribution in [0.2, 0.25) is 0 Å². The molecule has 0 saturated heterocycles. The summed E-state index contributed by atoms with van der Waals surface area (Å²) in [6, 6.07) is 57.0. The summed E-state index contributed by atoms with van der Waals surface area (Å²) in [5.41, 5.74) is 6.31. The number of hydrogen-bond donors (Lipinski definition) is 0. The third kappa shape index (κ3) is 9.93. The van der Waals surface area contributed by atoms with Crippen molar-refractivity contribution in [3.05, 3.63) is 163 Å². The standard InChI is InChI=1S/C37H29S2.C8HF17O3S/c1-28-10-8-9-15-37(28)39(35-24-18-32(19-25-35)30-13-6-3-7-14-30)36-26-22-34(23-27-36)38-33-20-16-31(17-21-33)29-11-4-2-5-12-29;9-1(10,3(13,14)5(17,18)7(21,22)23)2(11,12)4(15,16)6(19,20)8(24,25)29(26,27)28/h2-27H,1H3;(H,26,27,28)/q+1;/p-1. The van der Waals surface area contributed by atoms with Crippen molar-refractivity contribution in [2.24, 2.45) is 0 Å². The molecule has 0 bridgehead atoms. The van der Waals surface area contributed by atoms with Gasteiger partial charge in [-0.1, -0.05) is 103 Å². The van der Waals surface area contributed by atoms with Crippen molar-refractivity contribution in [2.45, 2.75) is 78.4 Å². The van der Waals surface area contributed by atoms with Gasteiger partial charge in [0.1, 0.15) is 0 Å². The van der Waals surface area contributed by atoms with Gasteiger partial charge in [0.2, 0.25) is 0 Å². The average molecular weight is 1040 g/mol. The van der Waals surface area contributed by atoms with E-state index in [1.807, 2.05) is 11.8 Å². The van der Waals surface area contributed by atoms with Crippen LogP contribution in [-0.2, 0) is 21.0 Å². The van der Waals surface area contributed by atoms with Gasteiger partial charge in [0.25, 0.3) is 0 Å². The van der Waals surface area contributed by atoms with Gasteiger partial charge in [0.05, 0.1) is 10.9 Å². The number of rotatable bonds is 14. The zero-order valence-electron chi connectivity index (χ0n) is 33.9. The Morgan fingerprint density at radius 1 is 0.397 bits per heavy atom. The van der Waals surface area contributed by atoms with Crippen LogP contribution in [0.25, 0.3) is 22.3 Å². The Hall–Kier alpha value is -5.26. The van der Waals surface area contributed by atoms with E-state index < -0.39 is 57.1 Å². The van der Waals surface area contributed by atoms with Crippen LogP contribution in [-0.4, -0.2) is 59.9 Å². The number of alkyl halides is 17. The average Bonchev–Trinajstić information content (AvgIpc) is 3.28. The fourth-order valence-electron chi connectivity index (χ4n) is 6.02. The van der Waals surface area contributed by atoms with Gasteiger partial charge in [0.15, 0.2) is 24.8 Å². The van der Waals surface area contributed by atoms with E-state index in [0.717, 1.165) is 0 Å². The van der Waals surface area contributed by atoms with Gasteiger partial charge < -0.3 is 4.55 Å². The quantitative estimate of drug-likeness (QED) is 0.0620. The van der Waals surface area contributed by atoms with Gasteiger partial charge in [-0.3, -0.25) is 0 Å². The van der Waals surface area contributed by atoms with Crippen molar-refractivity contribution in [1.29, 1.82) is 0 Å². The van der Waals surface area contributed by atoms with E-state index in [2.05, 4.69) is 165 Å². The summed E-state index contributed by atoms with van der Waals surface area (Å²) in [7, 11) is -8.32. The van der Waals surface area contributed by atoms with Crippen molar-refractivity contribution < 1.29 is 87.6 Å². The zero-order valence-corrected chi connectivity index (χ0v) is 36.3. The van der Waals surface area contributed by atoms with Gasteiger partial charge in [-0.25, -0.2) is 8.42 Å². The van der Waals surface area contributed by atoms with Crippen molar-refractivity contribution in [2.75, 3.05) is 0 Å². The second kappa shape index (κ2) is 19.3. The molecule has 0 aliphatic carbocycles. The van der Waals surface area contributed by atoms with Crippen LogP contribution in [0, 0.1) is 6.92 Å². The molecule has 0 aromatic heterocycles. The third-order valence-electron chi connectivity index (χ3n) is 9.77. The summed E-state index contributed by atoms with van der Waals surface area (Å²) in [6.45, 7) is 2.22. The van der Waals surface area contributed by atoms with Crippen LogP contribution >= 0.6 is 11.8 Å². The molecule has 68 heavy (non-hydrogen) atoms. The molecule has 0 spiro atoms. The highest BCUT2D eigenvalue weighted by Crippen LogP contribution is 2.64. The SMILES string of the molecule is Cc1ccccc1[S+](c1ccc(Sc2ccc(-c3ccccc3)cc2)cc1)c1ccc(-c2ccccc2)cc1.O=S(=O)([O-])C(F)(F)C(F)(F)C(F)(F)C(F)(F)C(F)(F)C(F)(F)C(F)(F)C(F)(F)F. The van der Waals surface area contributed by atoms with Gasteiger partial charge >= 0.3 is 47.0 Å². The molecule has 1 unspecified atom stereocenters. The van der Waals surface area contributed by atoms with Gasteiger partial charge in [0, 0.05) is 15.4 Å². The normalized spacial score (nSPS) is 13.9. The van der Waals surface area contributed by atoms with E-state index in [1.54, 1.807) is 0 Å². The minimum absolute atomic E-state index is 0.179. The minimum Gasteiger partial charge on any atom is -0.743 e. The van der Waals surface area contributed by atoms with Crippen molar-refractivity contribution in [3.63, 3.8) is 0 Å². The van der Waals surface area contributed by atoms with Crippen LogP contribution in [0.3, 0.4) is 0 Å². The number of aryl methyl sites for hydroxylation is 1. The smallest absolute Gasteiger partial charge is 0.460 e. The highest BCUT2D eigenvalue weighted by atomic mass is 32.2. The lowest BCUT2D eigenvalue weighted by molar-refractivity contribution is -0.458. The van der Waals surface area contributed by atoms with Crippen LogP contribution in [0.4, 0.5) is 74.6 Å². The molecule has 1 atom stereocenters. The van der Waals surface area contributed by atoms with E-state index in [4.69, 9.17) is 0 Å². The predicted octanol–water partition coefficient (Wildman–Crippen LogP) is 15.1. The highest BCUT2D eigenvalue weighted by molar-refractivity contribution is 7.99. The molecule has 0 radical (unpaired) electrons. The molecule has 364 valence electrons. The van der Waals surface area contributed by atoms with E-state index in [0.29, 0.717) is 0 Å². The van der Waals surface area contributed by atoms with Gasteiger partial charge in [-0.2, -0.15) is 74.6 Å². The molecule has 6 aromatic carbocycles. The van der Waals surface area contributed by atoms with Gasteiger partial charge in [-0.05, 0) is 95.9 Å². The van der Waals surface area contributed by atoms with E-state index >= 15 is 0 Å². The first-order valence-corrected chi connectivity index (χ1v) is 22.2. The lowest BCUT2D eigenvalue weighted by Gasteiger charge is -2.42. The minimum atomic E-state index is -8.92.